The number of likely N-dealkylation sites (tertiary alicyclic amines) is 1. The van der Waals surface area contributed by atoms with Crippen LogP contribution < -0.4 is 5.32 Å². The average molecular weight is 440 g/mol. The van der Waals surface area contributed by atoms with Crippen molar-refractivity contribution in [1.29, 1.82) is 0 Å². The van der Waals surface area contributed by atoms with E-state index in [0.29, 0.717) is 0 Å². The van der Waals surface area contributed by atoms with Gasteiger partial charge in [0.1, 0.15) is 0 Å². The van der Waals surface area contributed by atoms with Crippen molar-refractivity contribution in [3.8, 4) is 0 Å². The lowest BCUT2D eigenvalue weighted by Gasteiger charge is -2.33. The number of guanidine groups is 1. The van der Waals surface area contributed by atoms with Gasteiger partial charge < -0.3 is 15.2 Å². The second-order valence-electron chi connectivity index (χ2n) is 6.73. The molecule has 2 aromatic rings. The molecular formula is C19H29IN4. The van der Waals surface area contributed by atoms with Gasteiger partial charge in [0.15, 0.2) is 5.96 Å². The van der Waals surface area contributed by atoms with Gasteiger partial charge in [-0.3, -0.25) is 4.99 Å². The molecule has 1 aromatic heterocycles. The molecule has 3 rings (SSSR count). The predicted octanol–water partition coefficient (Wildman–Crippen LogP) is 3.94. The van der Waals surface area contributed by atoms with E-state index in [2.05, 4.69) is 58.4 Å². The number of aromatic nitrogens is 1. The van der Waals surface area contributed by atoms with Gasteiger partial charge in [0.2, 0.25) is 0 Å². The molecule has 2 N–H and O–H groups in total. The summed E-state index contributed by atoms with van der Waals surface area (Å²) in [6.45, 7) is 7.63. The number of rotatable bonds is 3. The fraction of sp³-hybridized carbons (Fsp3) is 0.526. The Labute approximate surface area is 162 Å². The standard InChI is InChI=1S/C19H28N4.HI/c1-14-6-5-11-23(13-14)19(20-3)21-10-9-16-12-22-18-15(2)7-4-8-17(16)18;/h4,7-8,12,14,22H,5-6,9-11,13H2,1-3H3,(H,20,21);1H. The van der Waals surface area contributed by atoms with E-state index in [9.17, 15) is 0 Å². The summed E-state index contributed by atoms with van der Waals surface area (Å²) >= 11 is 0. The minimum Gasteiger partial charge on any atom is -0.361 e. The third kappa shape index (κ3) is 4.23. The van der Waals surface area contributed by atoms with E-state index in [-0.39, 0.29) is 24.0 Å². The summed E-state index contributed by atoms with van der Waals surface area (Å²) in [6, 6.07) is 6.49. The van der Waals surface area contributed by atoms with Crippen LogP contribution in [0.4, 0.5) is 0 Å². The summed E-state index contributed by atoms with van der Waals surface area (Å²) in [5.74, 6) is 1.81. The SMILES string of the molecule is CN=C(NCCc1c[nH]c2c(C)cccc12)N1CCCC(C)C1.I. The molecule has 1 aromatic carbocycles. The lowest BCUT2D eigenvalue weighted by Crippen LogP contribution is -2.46. The molecule has 2 heterocycles. The van der Waals surface area contributed by atoms with Crippen LogP contribution in [0.1, 0.15) is 30.9 Å². The number of H-pyrrole nitrogens is 1. The van der Waals surface area contributed by atoms with Gasteiger partial charge in [-0.1, -0.05) is 25.1 Å². The zero-order valence-electron chi connectivity index (χ0n) is 14.9. The Bertz CT molecular complexity index is 692. The minimum absolute atomic E-state index is 0. The second-order valence-corrected chi connectivity index (χ2v) is 6.73. The first-order valence-corrected chi connectivity index (χ1v) is 8.70. The molecule has 1 fully saturated rings. The van der Waals surface area contributed by atoms with Crippen LogP contribution in [0.2, 0.25) is 0 Å². The zero-order valence-corrected chi connectivity index (χ0v) is 17.3. The number of piperidine rings is 1. The zero-order chi connectivity index (χ0) is 16.2. The molecule has 0 radical (unpaired) electrons. The summed E-state index contributed by atoms with van der Waals surface area (Å²) < 4.78 is 0. The number of aryl methyl sites for hydroxylation is 1. The van der Waals surface area contributed by atoms with Gasteiger partial charge >= 0.3 is 0 Å². The molecule has 132 valence electrons. The number of benzene rings is 1. The third-order valence-corrected chi connectivity index (χ3v) is 4.86. The third-order valence-electron chi connectivity index (χ3n) is 4.86. The van der Waals surface area contributed by atoms with Crippen molar-refractivity contribution in [2.45, 2.75) is 33.1 Å². The molecule has 1 atom stereocenters. The van der Waals surface area contributed by atoms with E-state index in [0.717, 1.165) is 37.9 Å². The van der Waals surface area contributed by atoms with Crippen molar-refractivity contribution in [3.63, 3.8) is 0 Å². The largest absolute Gasteiger partial charge is 0.361 e. The predicted molar refractivity (Wildman–Crippen MR) is 113 cm³/mol. The molecule has 0 amide bonds. The Balaban J connectivity index is 0.00000208. The maximum absolute atomic E-state index is 4.47. The average Bonchev–Trinajstić information content (AvgIpc) is 2.96. The highest BCUT2D eigenvalue weighted by Gasteiger charge is 2.18. The number of aromatic amines is 1. The van der Waals surface area contributed by atoms with Crippen molar-refractivity contribution in [1.82, 2.24) is 15.2 Å². The number of aliphatic imine (C=N–C) groups is 1. The smallest absolute Gasteiger partial charge is 0.193 e. The second kappa shape index (κ2) is 8.74. The highest BCUT2D eigenvalue weighted by Crippen LogP contribution is 2.21. The maximum Gasteiger partial charge on any atom is 0.193 e. The van der Waals surface area contributed by atoms with E-state index in [1.165, 1.54) is 34.9 Å². The van der Waals surface area contributed by atoms with Crippen LogP contribution in [0.15, 0.2) is 29.4 Å². The molecule has 5 heteroatoms. The van der Waals surface area contributed by atoms with E-state index in [4.69, 9.17) is 0 Å². The molecule has 0 aliphatic carbocycles. The highest BCUT2D eigenvalue weighted by atomic mass is 127. The normalized spacial score (nSPS) is 18.5. The topological polar surface area (TPSA) is 43.4 Å². The molecule has 0 bridgehead atoms. The monoisotopic (exact) mass is 440 g/mol. The first kappa shape index (κ1) is 19.1. The summed E-state index contributed by atoms with van der Waals surface area (Å²) in [4.78, 5) is 10.3. The molecule has 1 unspecified atom stereocenters. The van der Waals surface area contributed by atoms with Gasteiger partial charge in [-0.25, -0.2) is 0 Å². The number of nitrogens with zero attached hydrogens (tertiary/aromatic N) is 2. The Kier molecular flexibility index (Phi) is 6.95. The van der Waals surface area contributed by atoms with Crippen LogP contribution in [0.25, 0.3) is 10.9 Å². The fourth-order valence-electron chi connectivity index (χ4n) is 3.59. The first-order chi connectivity index (χ1) is 11.2. The Morgan fingerprint density at radius 3 is 3.00 bits per heavy atom. The van der Waals surface area contributed by atoms with E-state index in [1.807, 2.05) is 7.05 Å². The summed E-state index contributed by atoms with van der Waals surface area (Å²) in [5.41, 5.74) is 3.94. The van der Waals surface area contributed by atoms with E-state index in [1.54, 1.807) is 0 Å². The van der Waals surface area contributed by atoms with Gasteiger partial charge in [0.05, 0.1) is 0 Å². The number of halogens is 1. The van der Waals surface area contributed by atoms with E-state index >= 15 is 0 Å². The summed E-state index contributed by atoms with van der Waals surface area (Å²) in [6.07, 6.45) is 5.75. The van der Waals surface area contributed by atoms with Crippen molar-refractivity contribution in [3.05, 3.63) is 35.5 Å². The number of para-hydroxylation sites is 1. The van der Waals surface area contributed by atoms with Crippen LogP contribution in [-0.2, 0) is 6.42 Å². The van der Waals surface area contributed by atoms with Gasteiger partial charge in [-0.15, -0.1) is 24.0 Å². The van der Waals surface area contributed by atoms with Crippen LogP contribution in [0.3, 0.4) is 0 Å². The van der Waals surface area contributed by atoms with Crippen LogP contribution in [-0.4, -0.2) is 42.5 Å². The summed E-state index contributed by atoms with van der Waals surface area (Å²) in [5, 5.41) is 4.88. The number of fused-ring (bicyclic) bond motifs is 1. The number of nitrogens with one attached hydrogen (secondary N) is 2. The molecule has 1 aliphatic rings. The van der Waals surface area contributed by atoms with Crippen LogP contribution >= 0.6 is 24.0 Å². The lowest BCUT2D eigenvalue weighted by molar-refractivity contribution is 0.266. The molecular weight excluding hydrogens is 411 g/mol. The van der Waals surface area contributed by atoms with Crippen LogP contribution in [0, 0.1) is 12.8 Å². The number of hydrogen-bond acceptors (Lipinski definition) is 1. The summed E-state index contributed by atoms with van der Waals surface area (Å²) in [7, 11) is 1.89. The molecule has 0 saturated carbocycles. The first-order valence-electron chi connectivity index (χ1n) is 8.70. The van der Waals surface area contributed by atoms with Crippen molar-refractivity contribution in [2.75, 3.05) is 26.7 Å². The van der Waals surface area contributed by atoms with Crippen LogP contribution in [0.5, 0.6) is 0 Å². The lowest BCUT2D eigenvalue weighted by atomic mass is 10.0. The quantitative estimate of drug-likeness (QED) is 0.432. The number of hydrogen-bond donors (Lipinski definition) is 2. The molecule has 1 saturated heterocycles. The maximum atomic E-state index is 4.47. The minimum atomic E-state index is 0. The Hall–Kier alpha value is -1.24. The fourth-order valence-corrected chi connectivity index (χ4v) is 3.59. The van der Waals surface area contributed by atoms with Gasteiger partial charge in [-0.2, -0.15) is 0 Å². The van der Waals surface area contributed by atoms with Crippen molar-refractivity contribution < 1.29 is 0 Å². The van der Waals surface area contributed by atoms with Crippen molar-refractivity contribution >= 4 is 40.8 Å². The van der Waals surface area contributed by atoms with E-state index < -0.39 is 0 Å². The molecule has 4 nitrogen and oxygen atoms in total. The van der Waals surface area contributed by atoms with Crippen molar-refractivity contribution in [2.24, 2.45) is 10.9 Å². The Morgan fingerprint density at radius 1 is 1.42 bits per heavy atom. The van der Waals surface area contributed by atoms with Gasteiger partial charge in [0, 0.05) is 43.8 Å². The van der Waals surface area contributed by atoms with Gasteiger partial charge in [0.25, 0.3) is 0 Å². The Morgan fingerprint density at radius 2 is 2.25 bits per heavy atom. The van der Waals surface area contributed by atoms with Gasteiger partial charge in [-0.05, 0) is 43.2 Å². The molecule has 1 aliphatic heterocycles. The molecule has 0 spiro atoms. The molecule has 24 heavy (non-hydrogen) atoms. The highest BCUT2D eigenvalue weighted by molar-refractivity contribution is 14.0.